The fourth-order valence-corrected chi connectivity index (χ4v) is 5.78. The molecule has 2 aliphatic rings. The lowest BCUT2D eigenvalue weighted by Crippen LogP contribution is -2.35. The van der Waals surface area contributed by atoms with Crippen LogP contribution in [-0.2, 0) is 43.0 Å². The van der Waals surface area contributed by atoms with E-state index >= 15 is 0 Å². The number of amides is 1. The highest BCUT2D eigenvalue weighted by Gasteiger charge is 2.33. The Hall–Kier alpha value is -2.66. The van der Waals surface area contributed by atoms with Crippen LogP contribution < -0.4 is 9.88 Å². The molecule has 2 aromatic rings. The van der Waals surface area contributed by atoms with Crippen molar-refractivity contribution < 1.29 is 32.2 Å². The molecule has 1 saturated heterocycles. The number of nitrogens with two attached hydrogens (primary N) is 1. The minimum Gasteiger partial charge on any atom is -0.463 e. The van der Waals surface area contributed by atoms with Crippen molar-refractivity contribution in [1.29, 1.82) is 0 Å². The van der Waals surface area contributed by atoms with Crippen molar-refractivity contribution >= 4 is 16.1 Å². The number of fused-ring (bicyclic) bond motifs is 1. The highest BCUT2D eigenvalue weighted by molar-refractivity contribution is 7.88. The maximum absolute atomic E-state index is 12.4. The highest BCUT2D eigenvalue weighted by atomic mass is 32.2. The number of nitrogens with zero attached hydrogens (tertiary/aromatic N) is 1. The number of cyclic esters (lactones) is 1. The van der Waals surface area contributed by atoms with Crippen LogP contribution in [0.3, 0.4) is 0 Å². The van der Waals surface area contributed by atoms with Gasteiger partial charge in [-0.2, -0.15) is 0 Å². The summed E-state index contributed by atoms with van der Waals surface area (Å²) in [4.78, 5) is 14.2. The monoisotopic (exact) mass is 574 g/mol. The van der Waals surface area contributed by atoms with Crippen molar-refractivity contribution in [2.24, 2.45) is 5.14 Å². The van der Waals surface area contributed by atoms with Gasteiger partial charge in [0.25, 0.3) is 0 Å². The van der Waals surface area contributed by atoms with Crippen LogP contribution in [0.25, 0.3) is 0 Å². The summed E-state index contributed by atoms with van der Waals surface area (Å²) in [6, 6.07) is 13.5. The Kier molecular flexibility index (Phi) is 10.5. The van der Waals surface area contributed by atoms with Crippen molar-refractivity contribution in [3.63, 3.8) is 0 Å². The van der Waals surface area contributed by atoms with Gasteiger partial charge in [-0.3, -0.25) is 0 Å². The Morgan fingerprint density at radius 3 is 2.50 bits per heavy atom. The number of benzene rings is 2. The zero-order chi connectivity index (χ0) is 28.6. The number of hydrogen-bond donors (Lipinski definition) is 1. The molecule has 220 valence electrons. The molecule has 0 radical (unpaired) electrons. The molecule has 2 N–H and O–H groups in total. The molecule has 4 rings (SSSR count). The summed E-state index contributed by atoms with van der Waals surface area (Å²) in [6.07, 6.45) is 6.12. The Bertz CT molecular complexity index is 1250. The highest BCUT2D eigenvalue weighted by Crippen LogP contribution is 2.35. The lowest BCUT2D eigenvalue weighted by molar-refractivity contribution is -0.180. The third kappa shape index (κ3) is 9.19. The Morgan fingerprint density at radius 1 is 1.00 bits per heavy atom. The smallest absolute Gasteiger partial charge is 0.410 e. The summed E-state index contributed by atoms with van der Waals surface area (Å²) in [6.45, 7) is 6.91. The van der Waals surface area contributed by atoms with Gasteiger partial charge in [0.15, 0.2) is 0 Å². The molecule has 9 nitrogen and oxygen atoms in total. The molecule has 2 aliphatic heterocycles. The largest absolute Gasteiger partial charge is 0.463 e. The van der Waals surface area contributed by atoms with E-state index < -0.39 is 15.8 Å². The van der Waals surface area contributed by atoms with Gasteiger partial charge in [-0.15, -0.1) is 0 Å². The molecule has 1 atom stereocenters. The maximum atomic E-state index is 12.4. The third-order valence-corrected chi connectivity index (χ3v) is 7.91. The zero-order valence-corrected chi connectivity index (χ0v) is 24.4. The van der Waals surface area contributed by atoms with E-state index in [-0.39, 0.29) is 18.0 Å². The molecular weight excluding hydrogens is 532 g/mol. The number of rotatable bonds is 15. The molecule has 0 aromatic heterocycles. The lowest BCUT2D eigenvalue weighted by Gasteiger charge is -2.32. The fraction of sp³-hybridized carbons (Fsp3) is 0.567. The van der Waals surface area contributed by atoms with Crippen molar-refractivity contribution in [2.75, 3.05) is 26.3 Å². The summed E-state index contributed by atoms with van der Waals surface area (Å²) < 4.78 is 45.9. The van der Waals surface area contributed by atoms with E-state index in [0.717, 1.165) is 79.6 Å². The molecule has 0 aliphatic carbocycles. The second kappa shape index (κ2) is 13.8. The molecule has 0 saturated carbocycles. The second-order valence-corrected chi connectivity index (χ2v) is 12.7. The summed E-state index contributed by atoms with van der Waals surface area (Å²) >= 11 is 0. The number of aryl methyl sites for hydroxylation is 1. The second-order valence-electron chi connectivity index (χ2n) is 11.0. The standard InChI is InChI=1S/C30H42N2O7S/c1-30(2)37-21-26-19-24(14-15-27(26)39-30)28-20-32(29(33)38-28)16-8-3-4-9-17-36-18-10-7-12-23-11-5-6-13-25(23)22-40(31,34)35/h5-6,11,13-15,19,28H,3-4,7-10,12,16-18,20-22H2,1-2H3,(H2,31,34,35)/t28-/m0/s1. The maximum Gasteiger partial charge on any atom is 0.410 e. The van der Waals surface area contributed by atoms with Crippen LogP contribution in [-0.4, -0.2) is 51.5 Å². The number of ether oxygens (including phenoxy) is 4. The fourth-order valence-electron chi connectivity index (χ4n) is 5.06. The van der Waals surface area contributed by atoms with Crippen LogP contribution >= 0.6 is 0 Å². The SMILES string of the molecule is CC1(C)OCc2cc([C@@H]3CN(CCCCCCOCCCCc4ccccc4CS(N)(=O)=O)C(=O)O3)ccc2O1. The van der Waals surface area contributed by atoms with Crippen LogP contribution in [0.2, 0.25) is 0 Å². The van der Waals surface area contributed by atoms with Crippen LogP contribution in [0.4, 0.5) is 4.79 Å². The minimum absolute atomic E-state index is 0.127. The molecule has 1 amide bonds. The first-order valence-electron chi connectivity index (χ1n) is 14.2. The average Bonchev–Trinajstić information content (AvgIpc) is 3.26. The van der Waals surface area contributed by atoms with E-state index in [9.17, 15) is 13.2 Å². The lowest BCUT2D eigenvalue weighted by atomic mass is 10.0. The minimum atomic E-state index is -3.54. The predicted molar refractivity (Wildman–Crippen MR) is 152 cm³/mol. The molecule has 0 spiro atoms. The van der Waals surface area contributed by atoms with Crippen molar-refractivity contribution in [1.82, 2.24) is 4.90 Å². The first-order chi connectivity index (χ1) is 19.1. The van der Waals surface area contributed by atoms with Gasteiger partial charge >= 0.3 is 6.09 Å². The van der Waals surface area contributed by atoms with Gasteiger partial charge in [0.1, 0.15) is 11.9 Å². The number of carbonyl (C=O) groups excluding carboxylic acids is 1. The van der Waals surface area contributed by atoms with Crippen LogP contribution in [0.15, 0.2) is 42.5 Å². The van der Waals surface area contributed by atoms with Gasteiger partial charge in [-0.1, -0.05) is 43.2 Å². The topological polar surface area (TPSA) is 117 Å². The van der Waals surface area contributed by atoms with Crippen molar-refractivity contribution in [3.8, 4) is 5.75 Å². The van der Waals surface area contributed by atoms with Crippen molar-refractivity contribution in [2.45, 2.75) is 83.0 Å². The Labute approximate surface area is 238 Å². The number of carbonyl (C=O) groups is 1. The van der Waals surface area contributed by atoms with Gasteiger partial charge in [0, 0.05) is 39.2 Å². The van der Waals surface area contributed by atoms with Gasteiger partial charge in [-0.25, -0.2) is 18.4 Å². The van der Waals surface area contributed by atoms with E-state index in [1.54, 1.807) is 4.90 Å². The van der Waals surface area contributed by atoms with E-state index in [2.05, 4.69) is 0 Å². The van der Waals surface area contributed by atoms with E-state index in [4.69, 9.17) is 24.1 Å². The third-order valence-electron chi connectivity index (χ3n) is 7.20. The Balaban J connectivity index is 1.05. The summed E-state index contributed by atoms with van der Waals surface area (Å²) in [7, 11) is -3.54. The number of sulfonamides is 1. The van der Waals surface area contributed by atoms with Crippen molar-refractivity contribution in [3.05, 3.63) is 64.7 Å². The van der Waals surface area contributed by atoms with E-state index in [1.165, 1.54) is 0 Å². The molecule has 0 bridgehead atoms. The Morgan fingerprint density at radius 2 is 1.73 bits per heavy atom. The molecule has 2 aromatic carbocycles. The number of hydrogen-bond acceptors (Lipinski definition) is 7. The molecule has 2 heterocycles. The quantitative estimate of drug-likeness (QED) is 0.290. The predicted octanol–water partition coefficient (Wildman–Crippen LogP) is 5.21. The van der Waals surface area contributed by atoms with Crippen LogP contribution in [0, 0.1) is 0 Å². The first-order valence-corrected chi connectivity index (χ1v) is 15.9. The van der Waals surface area contributed by atoms with Gasteiger partial charge in [-0.05, 0) is 60.9 Å². The molecule has 40 heavy (non-hydrogen) atoms. The molecule has 0 unspecified atom stereocenters. The van der Waals surface area contributed by atoms with Crippen LogP contribution in [0.5, 0.6) is 5.75 Å². The van der Waals surface area contributed by atoms with Gasteiger partial charge < -0.3 is 23.8 Å². The zero-order valence-electron chi connectivity index (χ0n) is 23.6. The van der Waals surface area contributed by atoms with E-state index in [1.807, 2.05) is 56.3 Å². The summed E-state index contributed by atoms with van der Waals surface area (Å²) in [5, 5.41) is 5.20. The molecular formula is C30H42N2O7S. The van der Waals surface area contributed by atoms with Crippen LogP contribution in [0.1, 0.15) is 80.7 Å². The summed E-state index contributed by atoms with van der Waals surface area (Å²) in [5.74, 6) is 0.0536. The normalized spacial score (nSPS) is 18.3. The number of primary sulfonamides is 1. The molecule has 10 heteroatoms. The average molecular weight is 575 g/mol. The number of unbranched alkanes of at least 4 members (excludes halogenated alkanes) is 4. The van der Waals surface area contributed by atoms with E-state index in [0.29, 0.717) is 26.3 Å². The first kappa shape index (κ1) is 30.3. The molecule has 1 fully saturated rings. The summed E-state index contributed by atoms with van der Waals surface area (Å²) in [5.41, 5.74) is 3.74. The van der Waals surface area contributed by atoms with Gasteiger partial charge in [0.2, 0.25) is 15.8 Å². The van der Waals surface area contributed by atoms with Gasteiger partial charge in [0.05, 0.1) is 18.9 Å².